The van der Waals surface area contributed by atoms with Crippen LogP contribution in [-0.4, -0.2) is 3.71 Å². The van der Waals surface area contributed by atoms with Gasteiger partial charge in [-0.05, 0) is 58.4 Å². The van der Waals surface area contributed by atoms with Gasteiger partial charge in [0.2, 0.25) is 0 Å². The summed E-state index contributed by atoms with van der Waals surface area (Å²) >= 11 is 1.46. The van der Waals surface area contributed by atoms with E-state index in [0.717, 1.165) is 6.42 Å². The van der Waals surface area contributed by atoms with Gasteiger partial charge in [-0.2, -0.15) is 29.3 Å². The Hall–Kier alpha value is -2.18. The Balaban J connectivity index is 0.000000231. The quantitative estimate of drug-likeness (QED) is 0.226. The van der Waals surface area contributed by atoms with Crippen molar-refractivity contribution in [3.8, 4) is 11.1 Å². The van der Waals surface area contributed by atoms with Gasteiger partial charge in [0, 0.05) is 5.41 Å². The summed E-state index contributed by atoms with van der Waals surface area (Å²) in [5, 5.41) is 0. The van der Waals surface area contributed by atoms with E-state index in [0.29, 0.717) is 5.41 Å². The number of hydrogen-bond acceptors (Lipinski definition) is 0. The van der Waals surface area contributed by atoms with Gasteiger partial charge >= 0.3 is 63.8 Å². The van der Waals surface area contributed by atoms with Crippen LogP contribution >= 0.6 is 0 Å². The molecule has 0 atom stereocenters. The molecule has 0 N–H and O–H groups in total. The van der Waals surface area contributed by atoms with Gasteiger partial charge in [0.05, 0.1) is 0 Å². The van der Waals surface area contributed by atoms with Gasteiger partial charge in [0.1, 0.15) is 0 Å². The molecule has 3 heteroatoms. The maximum absolute atomic E-state index is 3.65. The fourth-order valence-electron chi connectivity index (χ4n) is 6.70. The molecule has 0 saturated carbocycles. The Bertz CT molecular complexity index is 1610. The van der Waals surface area contributed by atoms with Crippen LogP contribution in [0, 0.1) is 6.08 Å². The molecule has 3 aliphatic carbocycles. The van der Waals surface area contributed by atoms with Gasteiger partial charge in [-0.1, -0.05) is 84.4 Å². The average Bonchev–Trinajstić information content (AvgIpc) is 3.68. The molecule has 3 aliphatic rings. The van der Waals surface area contributed by atoms with E-state index >= 15 is 0 Å². The molecule has 0 nitrogen and oxygen atoms in total. The summed E-state index contributed by atoms with van der Waals surface area (Å²) in [6, 6.07) is 28.7. The number of allylic oxidation sites excluding steroid dienone is 4. The van der Waals surface area contributed by atoms with E-state index in [9.17, 15) is 0 Å². The van der Waals surface area contributed by atoms with Gasteiger partial charge in [0.15, 0.2) is 0 Å². The molecule has 0 amide bonds. The van der Waals surface area contributed by atoms with Crippen LogP contribution in [0.15, 0.2) is 84.9 Å². The molecule has 44 heavy (non-hydrogen) atoms. The molecule has 0 aliphatic heterocycles. The van der Waals surface area contributed by atoms with E-state index in [1.54, 1.807) is 0 Å². The van der Waals surface area contributed by atoms with Gasteiger partial charge in [0.25, 0.3) is 0 Å². The zero-order valence-corrected chi connectivity index (χ0v) is 31.6. The van der Waals surface area contributed by atoms with E-state index in [4.69, 9.17) is 0 Å². The van der Waals surface area contributed by atoms with Crippen LogP contribution < -0.4 is 24.8 Å². The summed E-state index contributed by atoms with van der Waals surface area (Å²) in [5.74, 6) is 0. The number of halogens is 2. The van der Waals surface area contributed by atoms with E-state index in [1.807, 2.05) is 6.07 Å². The molecule has 0 unspecified atom stereocenters. The van der Waals surface area contributed by atoms with Gasteiger partial charge in [-0.3, -0.25) is 6.08 Å². The predicted molar refractivity (Wildman–Crippen MR) is 179 cm³/mol. The van der Waals surface area contributed by atoms with Crippen molar-refractivity contribution in [3.05, 3.63) is 136 Å². The molecular formula is C41H44Cl2Zr-2. The van der Waals surface area contributed by atoms with Crippen LogP contribution in [-0.2, 0) is 46.9 Å². The second kappa shape index (κ2) is 13.7. The summed E-state index contributed by atoms with van der Waals surface area (Å²) in [7, 11) is 0. The third-order valence-corrected chi connectivity index (χ3v) is 9.75. The fraction of sp³-hybridized carbons (Fsp3) is 0.317. The van der Waals surface area contributed by atoms with Crippen molar-refractivity contribution in [1.29, 1.82) is 0 Å². The van der Waals surface area contributed by atoms with E-state index in [-0.39, 0.29) is 35.6 Å². The Morgan fingerprint density at radius 2 is 1.39 bits per heavy atom. The van der Waals surface area contributed by atoms with Crippen LogP contribution in [0.3, 0.4) is 0 Å². The van der Waals surface area contributed by atoms with Gasteiger partial charge in [-0.25, -0.2) is 11.6 Å². The molecule has 0 fully saturated rings. The standard InChI is InChI=1S/C25H25.C9H13.C7H6.2ClH.Zr/c1-14-12-24(3,4)22-8-16-7-17-9-23-19(15(2)13-25(23,5)6)11-21(17)20(16)10-18(14)22;1-9(2,3)8-6-4-5-7-8;1-7-5-3-2-4-6-7;;;/h8-12H,7H2,1-6H3;4-7H,1-3H3;1-6H;2*1H;/q2*-1;;;;+2/p-2. The molecule has 0 radical (unpaired) electrons. The first kappa shape index (κ1) is 36.3. The van der Waals surface area contributed by atoms with E-state index in [1.165, 1.54) is 91.0 Å². The van der Waals surface area contributed by atoms with E-state index < -0.39 is 0 Å². The van der Waals surface area contributed by atoms with Gasteiger partial charge < -0.3 is 24.8 Å². The Kier molecular flexibility index (Phi) is 11.3. The third kappa shape index (κ3) is 7.28. The Morgan fingerprint density at radius 1 is 0.795 bits per heavy atom. The molecule has 7 rings (SSSR count). The van der Waals surface area contributed by atoms with Crippen LogP contribution in [0.1, 0.15) is 107 Å². The van der Waals surface area contributed by atoms with Crippen molar-refractivity contribution in [1.82, 2.24) is 0 Å². The predicted octanol–water partition coefficient (Wildman–Crippen LogP) is 4.54. The maximum atomic E-state index is 3.65. The zero-order chi connectivity index (χ0) is 30.4. The Labute approximate surface area is 293 Å². The molecule has 0 saturated heterocycles. The number of fused-ring (bicyclic) bond motifs is 5. The van der Waals surface area contributed by atoms with Crippen LogP contribution in [0.2, 0.25) is 0 Å². The summed E-state index contributed by atoms with van der Waals surface area (Å²) < 4.78 is 2.17. The average molecular weight is 699 g/mol. The van der Waals surface area contributed by atoms with Crippen LogP contribution in [0.4, 0.5) is 0 Å². The second-order valence-corrected chi connectivity index (χ2v) is 14.9. The number of rotatable bonds is 1. The zero-order valence-electron chi connectivity index (χ0n) is 27.6. The molecular weight excluding hydrogens is 655 g/mol. The van der Waals surface area contributed by atoms with Crippen molar-refractivity contribution in [2.75, 3.05) is 0 Å². The minimum atomic E-state index is 0. The first-order chi connectivity index (χ1) is 19.7. The molecule has 228 valence electrons. The summed E-state index contributed by atoms with van der Waals surface area (Å²) in [6.07, 6.45) is 7.13. The SMILES string of the molecule is CC(C)(C)c1cc[cH-]c1.CC1=[C-]C(C)(C)c2cc3c(cc21)-c1cc2c(cc1C3)C(C)(C)C=C2C.[Cl-].[Cl-].[Zr+2]=[CH]c1ccccc1. The molecule has 0 aromatic heterocycles. The van der Waals surface area contributed by atoms with Crippen molar-refractivity contribution >= 4 is 14.9 Å². The third-order valence-electron chi connectivity index (χ3n) is 8.93. The summed E-state index contributed by atoms with van der Waals surface area (Å²) in [6.45, 7) is 20.4. The first-order valence-corrected chi connectivity index (χ1v) is 16.6. The molecule has 4 aromatic carbocycles. The number of hydrogen-bond donors (Lipinski definition) is 0. The van der Waals surface area contributed by atoms with Crippen molar-refractivity contribution in [3.63, 3.8) is 0 Å². The van der Waals surface area contributed by atoms with Crippen molar-refractivity contribution < 1.29 is 49.0 Å². The molecule has 0 bridgehead atoms. The summed E-state index contributed by atoms with van der Waals surface area (Å²) in [5.41, 5.74) is 17.6. The number of benzene rings is 3. The second-order valence-electron chi connectivity index (χ2n) is 14.2. The van der Waals surface area contributed by atoms with Crippen LogP contribution in [0.5, 0.6) is 0 Å². The first-order valence-electron chi connectivity index (χ1n) is 15.2. The van der Waals surface area contributed by atoms with Crippen molar-refractivity contribution in [2.24, 2.45) is 0 Å². The van der Waals surface area contributed by atoms with Crippen LogP contribution in [0.25, 0.3) is 22.3 Å². The normalized spacial score (nSPS) is 15.7. The molecule has 0 heterocycles. The minimum absolute atomic E-state index is 0. The monoisotopic (exact) mass is 696 g/mol. The molecule has 0 spiro atoms. The van der Waals surface area contributed by atoms with E-state index in [2.05, 4.69) is 151 Å². The Morgan fingerprint density at radius 3 is 1.89 bits per heavy atom. The topological polar surface area (TPSA) is 0 Å². The fourth-order valence-corrected chi connectivity index (χ4v) is 7.17. The van der Waals surface area contributed by atoms with Gasteiger partial charge in [-0.15, -0.1) is 11.6 Å². The van der Waals surface area contributed by atoms with Crippen molar-refractivity contribution in [2.45, 2.75) is 85.0 Å². The molecule has 4 aromatic rings. The summed E-state index contributed by atoms with van der Waals surface area (Å²) in [4.78, 5) is 0.